The Kier molecular flexibility index (Phi) is 4.54. The van der Waals surface area contributed by atoms with Gasteiger partial charge >= 0.3 is 5.97 Å². The predicted molar refractivity (Wildman–Crippen MR) is 77.1 cm³/mol. The maximum absolute atomic E-state index is 12.1. The molecule has 0 unspecified atom stereocenters. The van der Waals surface area contributed by atoms with Crippen LogP contribution in [0.25, 0.3) is 0 Å². The number of thioether (sulfide) groups is 1. The fourth-order valence-corrected chi connectivity index (χ4v) is 3.49. The number of aliphatic carboxylic acids is 1. The molecule has 2 N–H and O–H groups in total. The molecular weight excluding hydrogens is 278 g/mol. The predicted octanol–water partition coefficient (Wildman–Crippen LogP) is 1.31. The van der Waals surface area contributed by atoms with Gasteiger partial charge < -0.3 is 15.2 Å². The first-order chi connectivity index (χ1) is 9.55. The molecule has 1 atom stereocenters. The van der Waals surface area contributed by atoms with Crippen LogP contribution in [0.2, 0.25) is 0 Å². The summed E-state index contributed by atoms with van der Waals surface area (Å²) in [6.07, 6.45) is 0.619. The molecule has 2 rings (SSSR count). The van der Waals surface area contributed by atoms with E-state index in [1.165, 1.54) is 0 Å². The van der Waals surface area contributed by atoms with Gasteiger partial charge in [0.05, 0.1) is 13.5 Å². The molecule has 0 spiro atoms. The van der Waals surface area contributed by atoms with E-state index in [9.17, 15) is 14.7 Å². The van der Waals surface area contributed by atoms with Gasteiger partial charge in [0.2, 0.25) is 5.91 Å². The second-order valence-electron chi connectivity index (χ2n) is 4.77. The van der Waals surface area contributed by atoms with Crippen LogP contribution in [0, 0.1) is 0 Å². The minimum absolute atomic E-state index is 0.150. The first-order valence-electron chi connectivity index (χ1n) is 6.31. The van der Waals surface area contributed by atoms with Gasteiger partial charge in [-0.3, -0.25) is 4.79 Å². The molecule has 108 valence electrons. The summed E-state index contributed by atoms with van der Waals surface area (Å²) in [5.41, 5.74) is -0.311. The van der Waals surface area contributed by atoms with Gasteiger partial charge in [0.15, 0.2) is 0 Å². The van der Waals surface area contributed by atoms with Crippen molar-refractivity contribution >= 4 is 23.6 Å². The number of carboxylic acid groups (broad SMARTS) is 1. The summed E-state index contributed by atoms with van der Waals surface area (Å²) >= 11 is 1.55. The summed E-state index contributed by atoms with van der Waals surface area (Å²) in [5.74, 6) is 0.627. The number of hydrogen-bond donors (Lipinski definition) is 2. The van der Waals surface area contributed by atoms with Crippen molar-refractivity contribution in [2.24, 2.45) is 0 Å². The third-order valence-electron chi connectivity index (χ3n) is 3.31. The van der Waals surface area contributed by atoms with Gasteiger partial charge in [-0.25, -0.2) is 4.79 Å². The molecule has 1 amide bonds. The molecule has 5 nitrogen and oxygen atoms in total. The van der Waals surface area contributed by atoms with Gasteiger partial charge in [-0.1, -0.05) is 12.1 Å². The molecule has 0 aromatic heterocycles. The average molecular weight is 295 g/mol. The number of carbonyl (C=O) groups excluding carboxylic acids is 1. The van der Waals surface area contributed by atoms with Crippen molar-refractivity contribution in [3.63, 3.8) is 0 Å². The van der Waals surface area contributed by atoms with Crippen LogP contribution in [0.15, 0.2) is 24.3 Å². The van der Waals surface area contributed by atoms with Crippen molar-refractivity contribution in [1.29, 1.82) is 0 Å². The van der Waals surface area contributed by atoms with Gasteiger partial charge in [0.1, 0.15) is 11.3 Å². The maximum atomic E-state index is 12.1. The number of hydrogen-bond acceptors (Lipinski definition) is 4. The molecule has 0 aliphatic carbocycles. The van der Waals surface area contributed by atoms with Crippen LogP contribution in [0.5, 0.6) is 5.75 Å². The number of ether oxygens (including phenoxy) is 1. The van der Waals surface area contributed by atoms with E-state index in [-0.39, 0.29) is 12.3 Å². The smallest absolute Gasteiger partial charge is 0.330 e. The third kappa shape index (κ3) is 3.25. The molecular formula is C14H17NO4S. The van der Waals surface area contributed by atoms with Crippen molar-refractivity contribution in [2.75, 3.05) is 18.6 Å². The minimum Gasteiger partial charge on any atom is -0.497 e. The lowest BCUT2D eigenvalue weighted by atomic mass is 9.98. The van der Waals surface area contributed by atoms with E-state index in [1.54, 1.807) is 37.1 Å². The second-order valence-corrected chi connectivity index (χ2v) is 5.87. The third-order valence-corrected chi connectivity index (χ3v) is 4.50. The summed E-state index contributed by atoms with van der Waals surface area (Å²) in [6, 6.07) is 7.20. The monoisotopic (exact) mass is 295 g/mol. The zero-order valence-corrected chi connectivity index (χ0v) is 12.0. The molecule has 0 radical (unpaired) electrons. The molecule has 1 aliphatic heterocycles. The van der Waals surface area contributed by atoms with Crippen molar-refractivity contribution in [2.45, 2.75) is 18.4 Å². The summed E-state index contributed by atoms with van der Waals surface area (Å²) in [4.78, 5) is 23.4. The van der Waals surface area contributed by atoms with E-state index in [0.717, 1.165) is 11.3 Å². The second kappa shape index (κ2) is 6.17. The standard InChI is InChI=1S/C14H17NO4S/c1-19-11-4-2-3-10(7-11)8-12(16)15-14(13(17)18)5-6-20-9-14/h2-4,7H,5-6,8-9H2,1H3,(H,15,16)(H,17,18)/t14-/m1/s1. The van der Waals surface area contributed by atoms with Crippen molar-refractivity contribution in [1.82, 2.24) is 5.32 Å². The van der Waals surface area contributed by atoms with Crippen molar-refractivity contribution in [3.05, 3.63) is 29.8 Å². The molecule has 1 aromatic carbocycles. The van der Waals surface area contributed by atoms with Gasteiger partial charge in [-0.2, -0.15) is 11.8 Å². The van der Waals surface area contributed by atoms with Gasteiger partial charge in [-0.15, -0.1) is 0 Å². The van der Waals surface area contributed by atoms with Crippen LogP contribution in [0.4, 0.5) is 0 Å². The lowest BCUT2D eigenvalue weighted by Crippen LogP contribution is -2.55. The Hall–Kier alpha value is -1.69. The number of carboxylic acids is 1. The Balaban J connectivity index is 2.02. The molecule has 1 saturated heterocycles. The fourth-order valence-electron chi connectivity index (χ4n) is 2.16. The molecule has 20 heavy (non-hydrogen) atoms. The van der Waals surface area contributed by atoms with Gasteiger partial charge in [-0.05, 0) is 29.9 Å². The van der Waals surface area contributed by atoms with Gasteiger partial charge in [0, 0.05) is 5.75 Å². The topological polar surface area (TPSA) is 75.6 Å². The molecule has 1 heterocycles. The lowest BCUT2D eigenvalue weighted by Gasteiger charge is -2.24. The number of methoxy groups -OCH3 is 1. The van der Waals surface area contributed by atoms with E-state index in [2.05, 4.69) is 5.32 Å². The summed E-state index contributed by atoms with van der Waals surface area (Å²) < 4.78 is 5.10. The Morgan fingerprint density at radius 1 is 1.50 bits per heavy atom. The van der Waals surface area contributed by atoms with Crippen LogP contribution in [-0.4, -0.2) is 41.1 Å². The van der Waals surface area contributed by atoms with Crippen LogP contribution >= 0.6 is 11.8 Å². The molecule has 1 aromatic rings. The Morgan fingerprint density at radius 3 is 2.90 bits per heavy atom. The average Bonchev–Trinajstić information content (AvgIpc) is 2.88. The zero-order valence-electron chi connectivity index (χ0n) is 11.2. The molecule has 6 heteroatoms. The van der Waals surface area contributed by atoms with E-state index in [1.807, 2.05) is 6.07 Å². The number of amides is 1. The molecule has 0 saturated carbocycles. The van der Waals surface area contributed by atoms with E-state index < -0.39 is 11.5 Å². The summed E-state index contributed by atoms with van der Waals surface area (Å²) in [7, 11) is 1.56. The van der Waals surface area contributed by atoms with E-state index in [0.29, 0.717) is 17.9 Å². The molecule has 0 bridgehead atoms. The number of rotatable bonds is 5. The Morgan fingerprint density at radius 2 is 2.30 bits per heavy atom. The van der Waals surface area contributed by atoms with Crippen molar-refractivity contribution < 1.29 is 19.4 Å². The highest BCUT2D eigenvalue weighted by Crippen LogP contribution is 2.28. The largest absolute Gasteiger partial charge is 0.497 e. The molecule has 1 aliphatic rings. The van der Waals surface area contributed by atoms with Crippen LogP contribution < -0.4 is 10.1 Å². The number of nitrogens with one attached hydrogen (secondary N) is 1. The fraction of sp³-hybridized carbons (Fsp3) is 0.429. The Bertz CT molecular complexity index is 512. The highest BCUT2D eigenvalue weighted by atomic mass is 32.2. The maximum Gasteiger partial charge on any atom is 0.330 e. The Labute approximate surface area is 121 Å². The summed E-state index contributed by atoms with van der Waals surface area (Å²) in [5, 5.41) is 12.0. The zero-order chi connectivity index (χ0) is 14.6. The first kappa shape index (κ1) is 14.7. The molecule has 1 fully saturated rings. The first-order valence-corrected chi connectivity index (χ1v) is 7.46. The quantitative estimate of drug-likeness (QED) is 0.856. The van der Waals surface area contributed by atoms with Crippen LogP contribution in [-0.2, 0) is 16.0 Å². The van der Waals surface area contributed by atoms with Gasteiger partial charge in [0.25, 0.3) is 0 Å². The van der Waals surface area contributed by atoms with Crippen molar-refractivity contribution in [3.8, 4) is 5.75 Å². The summed E-state index contributed by atoms with van der Waals surface area (Å²) in [6.45, 7) is 0. The van der Waals surface area contributed by atoms with E-state index in [4.69, 9.17) is 4.74 Å². The lowest BCUT2D eigenvalue weighted by molar-refractivity contribution is -0.146. The number of carbonyl (C=O) groups is 2. The minimum atomic E-state index is -1.11. The highest BCUT2D eigenvalue weighted by Gasteiger charge is 2.43. The number of benzene rings is 1. The van der Waals surface area contributed by atoms with E-state index >= 15 is 0 Å². The normalized spacial score (nSPS) is 21.4. The highest BCUT2D eigenvalue weighted by molar-refractivity contribution is 7.99. The SMILES string of the molecule is COc1cccc(CC(=O)N[C@]2(C(=O)O)CCSC2)c1. The van der Waals surface area contributed by atoms with Crippen LogP contribution in [0.3, 0.4) is 0 Å². The van der Waals surface area contributed by atoms with Crippen LogP contribution in [0.1, 0.15) is 12.0 Å².